The number of pyridine rings is 1. The smallest absolute Gasteiger partial charge is 0.290 e. The lowest BCUT2D eigenvalue weighted by atomic mass is 9.94. The van der Waals surface area contributed by atoms with Gasteiger partial charge in [-0.2, -0.15) is 4.98 Å². The minimum Gasteiger partial charge on any atom is -0.483 e. The van der Waals surface area contributed by atoms with E-state index in [2.05, 4.69) is 51.5 Å². The highest BCUT2D eigenvalue weighted by molar-refractivity contribution is 7.16. The van der Waals surface area contributed by atoms with Gasteiger partial charge in [0.15, 0.2) is 5.13 Å². The summed E-state index contributed by atoms with van der Waals surface area (Å²) in [5, 5.41) is 20.0. The first-order chi connectivity index (χ1) is 18.5. The monoisotopic (exact) mass is 553 g/mol. The number of carbonyl (C=O) groups excluding carboxylic acids is 1. The van der Waals surface area contributed by atoms with Crippen molar-refractivity contribution in [3.8, 4) is 11.4 Å². The van der Waals surface area contributed by atoms with Crippen molar-refractivity contribution in [2.75, 3.05) is 17.2 Å². The summed E-state index contributed by atoms with van der Waals surface area (Å²) < 4.78 is 5.14. The van der Waals surface area contributed by atoms with Crippen molar-refractivity contribution >= 4 is 45.4 Å². The third-order valence-electron chi connectivity index (χ3n) is 5.81. The van der Waals surface area contributed by atoms with Crippen molar-refractivity contribution in [2.24, 2.45) is 5.73 Å². The Morgan fingerprint density at radius 1 is 1.23 bits per heavy atom. The van der Waals surface area contributed by atoms with Gasteiger partial charge in [0.25, 0.3) is 6.47 Å². The third kappa shape index (κ3) is 8.04. The molecule has 0 fully saturated rings. The molecule has 39 heavy (non-hydrogen) atoms. The Bertz CT molecular complexity index is 1410. The molecule has 3 heterocycles. The number of carboxylic acid groups (broad SMARTS) is 1. The van der Waals surface area contributed by atoms with Gasteiger partial charge in [0.1, 0.15) is 5.82 Å². The molecule has 0 spiro atoms. The molecule has 0 saturated carbocycles. The van der Waals surface area contributed by atoms with E-state index in [4.69, 9.17) is 20.2 Å². The van der Waals surface area contributed by atoms with E-state index < -0.39 is 0 Å². The molecule has 3 aromatic heterocycles. The number of aromatic nitrogens is 4. The molecule has 0 aliphatic carbocycles. The number of nitrogens with two attached hydrogens (primary N) is 1. The summed E-state index contributed by atoms with van der Waals surface area (Å²) in [6.07, 6.45) is 3.55. The zero-order chi connectivity index (χ0) is 28.6. The van der Waals surface area contributed by atoms with Crippen LogP contribution in [0.15, 0.2) is 35.0 Å². The number of anilines is 2. The van der Waals surface area contributed by atoms with Crippen LogP contribution in [0.3, 0.4) is 0 Å². The first kappa shape index (κ1) is 29.7. The van der Waals surface area contributed by atoms with E-state index in [0.717, 1.165) is 34.9 Å². The fraction of sp³-hybridized carbons (Fsp3) is 0.407. The Labute approximate surface area is 231 Å². The fourth-order valence-electron chi connectivity index (χ4n) is 4.16. The zero-order valence-electron chi connectivity index (χ0n) is 22.8. The van der Waals surface area contributed by atoms with E-state index in [1.807, 2.05) is 31.2 Å². The molecule has 11 nitrogen and oxygen atoms in total. The molecule has 208 valence electrons. The summed E-state index contributed by atoms with van der Waals surface area (Å²) in [6.45, 7) is 10.5. The van der Waals surface area contributed by atoms with Crippen molar-refractivity contribution < 1.29 is 19.2 Å². The van der Waals surface area contributed by atoms with Gasteiger partial charge in [-0.15, -0.1) is 11.3 Å². The zero-order valence-corrected chi connectivity index (χ0v) is 23.6. The summed E-state index contributed by atoms with van der Waals surface area (Å²) in [7, 11) is 0. The van der Waals surface area contributed by atoms with E-state index in [1.54, 1.807) is 13.1 Å². The number of carbonyl (C=O) groups is 2. The van der Waals surface area contributed by atoms with Gasteiger partial charge >= 0.3 is 0 Å². The normalized spacial score (nSPS) is 11.9. The predicted molar refractivity (Wildman–Crippen MR) is 153 cm³/mol. The molecular formula is C27H35N7O4S. The molecule has 4 aromatic rings. The Morgan fingerprint density at radius 2 is 1.97 bits per heavy atom. The van der Waals surface area contributed by atoms with E-state index in [0.29, 0.717) is 29.2 Å². The number of nitrogens with zero attached hydrogens (tertiary/aromatic N) is 4. The van der Waals surface area contributed by atoms with Crippen LogP contribution in [-0.2, 0) is 15.0 Å². The van der Waals surface area contributed by atoms with Crippen molar-refractivity contribution in [2.45, 2.75) is 65.3 Å². The first-order valence-corrected chi connectivity index (χ1v) is 13.4. The van der Waals surface area contributed by atoms with Crippen LogP contribution in [0.25, 0.3) is 22.2 Å². The van der Waals surface area contributed by atoms with Crippen LogP contribution in [0.4, 0.5) is 10.9 Å². The minimum atomic E-state index is -0.250. The number of fused-ring (bicyclic) bond motifs is 1. The average Bonchev–Trinajstić information content (AvgIpc) is 3.48. The molecule has 1 atom stereocenters. The predicted octanol–water partition coefficient (Wildman–Crippen LogP) is 4.90. The van der Waals surface area contributed by atoms with Gasteiger partial charge in [0.05, 0.1) is 5.69 Å². The Morgan fingerprint density at radius 3 is 2.59 bits per heavy atom. The summed E-state index contributed by atoms with van der Waals surface area (Å²) in [4.78, 5) is 36.0. The highest BCUT2D eigenvalue weighted by atomic mass is 32.1. The maximum atomic E-state index is 13.0. The van der Waals surface area contributed by atoms with Gasteiger partial charge in [0.2, 0.25) is 17.6 Å². The van der Waals surface area contributed by atoms with E-state index in [9.17, 15) is 4.79 Å². The number of aryl methyl sites for hydroxylation is 2. The number of hydrogen-bond donors (Lipinski definition) is 4. The highest BCUT2D eigenvalue weighted by Gasteiger charge is 2.22. The molecule has 1 unspecified atom stereocenters. The van der Waals surface area contributed by atoms with Crippen LogP contribution in [0.5, 0.6) is 0 Å². The maximum Gasteiger partial charge on any atom is 0.290 e. The van der Waals surface area contributed by atoms with Crippen molar-refractivity contribution in [3.05, 3.63) is 46.9 Å². The van der Waals surface area contributed by atoms with Gasteiger partial charge in [-0.1, -0.05) is 38.1 Å². The lowest BCUT2D eigenvalue weighted by molar-refractivity contribution is -0.123. The Kier molecular flexibility index (Phi) is 10.1. The molecule has 0 bridgehead atoms. The first-order valence-electron chi connectivity index (χ1n) is 12.6. The van der Waals surface area contributed by atoms with Crippen molar-refractivity contribution in [1.29, 1.82) is 0 Å². The summed E-state index contributed by atoms with van der Waals surface area (Å²) in [5.41, 5.74) is 7.55. The van der Waals surface area contributed by atoms with Crippen LogP contribution in [-0.4, -0.2) is 50.2 Å². The number of hydrogen-bond acceptors (Lipinski definition) is 10. The molecule has 4 rings (SSSR count). The van der Waals surface area contributed by atoms with Gasteiger partial charge in [-0.3, -0.25) is 9.59 Å². The SMILES string of the molecule is Cc1nc(-c2ccc3ccnc(NC(CCCN)CC(=O)Nc4nc(C)c(C(C)(C)C)s4)c3c2)no1.O=CO. The van der Waals surface area contributed by atoms with Gasteiger partial charge < -0.3 is 26.0 Å². The molecule has 1 aromatic carbocycles. The summed E-state index contributed by atoms with van der Waals surface area (Å²) >= 11 is 1.53. The second-order valence-corrected chi connectivity index (χ2v) is 11.0. The molecule has 12 heteroatoms. The second-order valence-electron chi connectivity index (χ2n) is 10.0. The number of amides is 1. The molecule has 0 aliphatic rings. The van der Waals surface area contributed by atoms with Crippen LogP contribution in [0.1, 0.15) is 56.5 Å². The molecule has 1 amide bonds. The van der Waals surface area contributed by atoms with E-state index in [1.165, 1.54) is 16.2 Å². The van der Waals surface area contributed by atoms with Gasteiger partial charge in [-0.25, -0.2) is 9.97 Å². The van der Waals surface area contributed by atoms with Crippen molar-refractivity contribution in [1.82, 2.24) is 20.1 Å². The number of nitrogens with one attached hydrogen (secondary N) is 2. The number of benzene rings is 1. The fourth-order valence-corrected chi connectivity index (χ4v) is 5.20. The maximum absolute atomic E-state index is 13.0. The van der Waals surface area contributed by atoms with Gasteiger partial charge in [-0.05, 0) is 49.2 Å². The summed E-state index contributed by atoms with van der Waals surface area (Å²) in [6, 6.07) is 7.75. The molecule has 5 N–H and O–H groups in total. The largest absolute Gasteiger partial charge is 0.483 e. The third-order valence-corrected chi connectivity index (χ3v) is 7.30. The van der Waals surface area contributed by atoms with Crippen LogP contribution >= 0.6 is 11.3 Å². The molecule has 0 radical (unpaired) electrons. The lowest BCUT2D eigenvalue weighted by Gasteiger charge is -2.20. The minimum absolute atomic E-state index is 0.0188. The average molecular weight is 554 g/mol. The topological polar surface area (TPSA) is 169 Å². The van der Waals surface area contributed by atoms with Crippen LogP contribution < -0.4 is 16.4 Å². The van der Waals surface area contributed by atoms with Crippen LogP contribution in [0, 0.1) is 13.8 Å². The van der Waals surface area contributed by atoms with Gasteiger partial charge in [0, 0.05) is 41.4 Å². The Balaban J connectivity index is 0.00000134. The number of thiazole rings is 1. The molecule has 0 saturated heterocycles. The van der Waals surface area contributed by atoms with Crippen molar-refractivity contribution in [3.63, 3.8) is 0 Å². The quantitative estimate of drug-likeness (QED) is 0.209. The number of rotatable bonds is 9. The van der Waals surface area contributed by atoms with E-state index >= 15 is 0 Å². The standard InChI is InChI=1S/C26H33N7O2S.CH2O2/c1-15-22(26(3,4)5)36-25(29-15)32-21(34)14-19(7-6-11-27)31-24-20-13-18(23-30-16(2)35-33-23)9-8-17(20)10-12-28-24;2-1-3/h8-10,12-13,19H,6-7,11,14,27H2,1-5H3,(H,28,31)(H,29,32,34);1H,(H,2,3). The molecule has 0 aliphatic heterocycles. The Hall–Kier alpha value is -3.90. The summed E-state index contributed by atoms with van der Waals surface area (Å²) in [5.74, 6) is 1.63. The lowest BCUT2D eigenvalue weighted by Crippen LogP contribution is -2.27. The van der Waals surface area contributed by atoms with E-state index in [-0.39, 0.29) is 30.3 Å². The molecular weight excluding hydrogens is 518 g/mol. The van der Waals surface area contributed by atoms with Crippen LogP contribution in [0.2, 0.25) is 0 Å². The highest BCUT2D eigenvalue weighted by Crippen LogP contribution is 2.34. The second kappa shape index (κ2) is 13.3.